The number of carbonyl (C=O) groups excluding carboxylic acids is 3. The molecule has 1 amide bonds. The monoisotopic (exact) mass is 689 g/mol. The molecule has 4 atom stereocenters. The van der Waals surface area contributed by atoms with Crippen molar-refractivity contribution < 1.29 is 41.6 Å². The van der Waals surface area contributed by atoms with Crippen LogP contribution in [-0.2, 0) is 40.1 Å². The number of benzene rings is 2. The van der Waals surface area contributed by atoms with Crippen molar-refractivity contribution in [3.05, 3.63) is 70.3 Å². The Kier molecular flexibility index (Phi) is 10.6. The van der Waals surface area contributed by atoms with Gasteiger partial charge >= 0.3 is 12.1 Å². The summed E-state index contributed by atoms with van der Waals surface area (Å²) in [6, 6.07) is 13.6. The average Bonchev–Trinajstić information content (AvgIpc) is 3.27. The number of fused-ring (bicyclic) bond motifs is 2. The molecule has 47 heavy (non-hydrogen) atoms. The molecule has 1 aliphatic carbocycles. The quantitative estimate of drug-likeness (QED) is 0.109. The topological polar surface area (TPSA) is 171 Å². The molecule has 0 radical (unpaired) electrons. The summed E-state index contributed by atoms with van der Waals surface area (Å²) in [5, 5.41) is 10.8. The predicted molar refractivity (Wildman–Crippen MR) is 174 cm³/mol. The minimum atomic E-state index is -4.06. The summed E-state index contributed by atoms with van der Waals surface area (Å²) in [5.41, 5.74) is -1.11. The Morgan fingerprint density at radius 1 is 1.11 bits per heavy atom. The highest BCUT2D eigenvalue weighted by Crippen LogP contribution is 2.52. The lowest BCUT2D eigenvalue weighted by atomic mass is 9.64. The van der Waals surface area contributed by atoms with Gasteiger partial charge in [0.1, 0.15) is 18.1 Å². The number of ketones is 1. The lowest BCUT2D eigenvalue weighted by Crippen LogP contribution is -2.65. The number of amides is 1. The van der Waals surface area contributed by atoms with Gasteiger partial charge in [-0.2, -0.15) is 0 Å². The second-order valence-corrected chi connectivity index (χ2v) is 20.2. The number of hydrogen-bond donors (Lipinski definition) is 1. The molecule has 2 bridgehead atoms. The van der Waals surface area contributed by atoms with Gasteiger partial charge < -0.3 is 13.9 Å². The normalized spacial score (nSPS) is 23.0. The Labute approximate surface area is 276 Å². The number of nitrogens with one attached hydrogen (secondary N) is 1. The van der Waals surface area contributed by atoms with Gasteiger partial charge in [-0.15, -0.1) is 0 Å². The van der Waals surface area contributed by atoms with Gasteiger partial charge in [-0.25, -0.2) is 17.9 Å². The molecule has 1 heterocycles. The maximum absolute atomic E-state index is 14.5. The van der Waals surface area contributed by atoms with Crippen LogP contribution in [0.5, 0.6) is 0 Å². The number of nitrogens with zero attached hydrogens (tertiary/aromatic N) is 2. The fourth-order valence-corrected chi connectivity index (χ4v) is 8.24. The number of nitro benzene ring substituents is 1. The van der Waals surface area contributed by atoms with Crippen molar-refractivity contribution in [1.29, 1.82) is 0 Å². The van der Waals surface area contributed by atoms with Gasteiger partial charge in [0.2, 0.25) is 10.0 Å². The van der Waals surface area contributed by atoms with Crippen LogP contribution in [-0.4, -0.2) is 76.7 Å². The Morgan fingerprint density at radius 2 is 1.74 bits per heavy atom. The van der Waals surface area contributed by atoms with E-state index in [1.54, 1.807) is 0 Å². The SMILES string of the molecule is COC(=O)[C@H]1C[C@@H]2CN(C(=O)OCc3ccccc3)[C@](CO[Si](C)(C)C(C)(C)C)(C1=O)[C@@H]2CCNS(=O)(=O)c1ccc([N+](=O)[O-])cc1. The smallest absolute Gasteiger partial charge is 0.411 e. The number of Topliss-reactive ketones (excluding diaryl/α,β-unsaturated/α-hetero) is 1. The third kappa shape index (κ3) is 7.42. The highest BCUT2D eigenvalue weighted by Gasteiger charge is 2.66. The summed E-state index contributed by atoms with van der Waals surface area (Å²) < 4.78 is 46.1. The van der Waals surface area contributed by atoms with Crippen LogP contribution in [0.4, 0.5) is 10.5 Å². The Balaban J connectivity index is 1.68. The summed E-state index contributed by atoms with van der Waals surface area (Å²) in [4.78, 5) is 52.9. The molecule has 1 saturated carbocycles. The third-order valence-corrected chi connectivity index (χ3v) is 15.8. The van der Waals surface area contributed by atoms with E-state index in [1.807, 2.05) is 64.2 Å². The van der Waals surface area contributed by atoms with E-state index in [2.05, 4.69) is 4.72 Å². The number of rotatable bonds is 12. The van der Waals surface area contributed by atoms with E-state index in [4.69, 9.17) is 13.9 Å². The molecule has 13 nitrogen and oxygen atoms in total. The number of non-ortho nitro benzene ring substituents is 1. The highest BCUT2D eigenvalue weighted by molar-refractivity contribution is 7.89. The number of carbonyl (C=O) groups is 3. The van der Waals surface area contributed by atoms with Crippen molar-refractivity contribution in [3.63, 3.8) is 0 Å². The molecule has 1 aliphatic heterocycles. The van der Waals surface area contributed by atoms with Crippen molar-refractivity contribution >= 4 is 41.9 Å². The van der Waals surface area contributed by atoms with Gasteiger partial charge in [-0.1, -0.05) is 51.1 Å². The molecule has 1 N–H and O–H groups in total. The molecule has 0 aromatic heterocycles. The number of methoxy groups -OCH3 is 1. The zero-order valence-electron chi connectivity index (χ0n) is 27.6. The Bertz CT molecular complexity index is 1590. The standard InChI is InChI=1S/C32H43N3O10SSi/c1-31(2,3)47(5,6)45-21-32-27(16-17-33-46(41,42)25-14-12-24(13-15-25)35(39)40)23(18-26(28(32)36)29(37)43-4)19-34(32)30(38)44-20-22-10-8-7-9-11-22/h7-15,23,26-27,33H,16-21H2,1-6H3/t23-,26+,27-,32+/m1/s1. The van der Waals surface area contributed by atoms with Crippen molar-refractivity contribution in [2.24, 2.45) is 17.8 Å². The van der Waals surface area contributed by atoms with Crippen LogP contribution in [0.1, 0.15) is 39.2 Å². The zero-order valence-corrected chi connectivity index (χ0v) is 29.4. The third-order valence-electron chi connectivity index (χ3n) is 9.84. The Hall–Kier alpha value is -3.66. The predicted octanol–water partition coefficient (Wildman–Crippen LogP) is 4.67. The fourth-order valence-electron chi connectivity index (χ4n) is 6.18. The van der Waals surface area contributed by atoms with E-state index in [1.165, 1.54) is 12.0 Å². The first-order valence-corrected chi connectivity index (χ1v) is 19.8. The van der Waals surface area contributed by atoms with Crippen molar-refractivity contribution in [2.75, 3.05) is 26.8 Å². The highest BCUT2D eigenvalue weighted by atomic mass is 32.2. The molecule has 256 valence electrons. The molecular weight excluding hydrogens is 647 g/mol. The van der Waals surface area contributed by atoms with E-state index in [-0.39, 0.29) is 60.7 Å². The minimum absolute atomic E-state index is 0.0334. The summed E-state index contributed by atoms with van der Waals surface area (Å²) in [5.74, 6) is -3.30. The summed E-state index contributed by atoms with van der Waals surface area (Å²) in [6.45, 7) is 9.96. The van der Waals surface area contributed by atoms with E-state index in [0.717, 1.165) is 29.8 Å². The first kappa shape index (κ1) is 36.2. The number of ether oxygens (including phenoxy) is 2. The second-order valence-electron chi connectivity index (χ2n) is 13.6. The average molecular weight is 690 g/mol. The van der Waals surface area contributed by atoms with Crippen LogP contribution >= 0.6 is 0 Å². The van der Waals surface area contributed by atoms with Crippen molar-refractivity contribution in [2.45, 2.75) is 68.8 Å². The number of sulfonamides is 1. The van der Waals surface area contributed by atoms with E-state index in [9.17, 15) is 32.9 Å². The van der Waals surface area contributed by atoms with E-state index >= 15 is 0 Å². The van der Waals surface area contributed by atoms with Gasteiger partial charge in [0.25, 0.3) is 5.69 Å². The van der Waals surface area contributed by atoms with E-state index in [0.29, 0.717) is 0 Å². The number of likely N-dealkylation sites (tertiary alicyclic amines) is 1. The minimum Gasteiger partial charge on any atom is -0.468 e. The number of hydrogen-bond acceptors (Lipinski definition) is 10. The van der Waals surface area contributed by atoms with Crippen LogP contribution in [0.3, 0.4) is 0 Å². The van der Waals surface area contributed by atoms with Gasteiger partial charge in [0.05, 0.1) is 23.5 Å². The molecule has 0 spiro atoms. The van der Waals surface area contributed by atoms with Gasteiger partial charge in [0, 0.05) is 25.2 Å². The van der Waals surface area contributed by atoms with Gasteiger partial charge in [-0.3, -0.25) is 24.6 Å². The van der Waals surface area contributed by atoms with Crippen molar-refractivity contribution in [1.82, 2.24) is 9.62 Å². The Morgan fingerprint density at radius 3 is 2.32 bits per heavy atom. The van der Waals surface area contributed by atoms with Crippen LogP contribution in [0.2, 0.25) is 18.1 Å². The van der Waals surface area contributed by atoms with Gasteiger partial charge in [0.15, 0.2) is 14.1 Å². The number of nitro groups is 1. The van der Waals surface area contributed by atoms with Gasteiger partial charge in [-0.05, 0) is 60.5 Å². The molecular formula is C32H43N3O10SSi. The zero-order chi connectivity index (χ0) is 34.8. The maximum atomic E-state index is 14.5. The molecule has 1 saturated heterocycles. The van der Waals surface area contributed by atoms with Crippen LogP contribution in [0.15, 0.2) is 59.5 Å². The summed E-state index contributed by atoms with van der Waals surface area (Å²) >= 11 is 0. The first-order valence-electron chi connectivity index (χ1n) is 15.4. The number of esters is 1. The molecule has 4 rings (SSSR count). The van der Waals surface area contributed by atoms with Crippen LogP contribution in [0.25, 0.3) is 0 Å². The maximum Gasteiger partial charge on any atom is 0.411 e. The fraction of sp³-hybridized carbons (Fsp3) is 0.531. The second kappa shape index (κ2) is 13.8. The van der Waals surface area contributed by atoms with E-state index < -0.39 is 58.5 Å². The van der Waals surface area contributed by atoms with Crippen molar-refractivity contribution in [3.8, 4) is 0 Å². The largest absolute Gasteiger partial charge is 0.468 e. The van der Waals surface area contributed by atoms with Crippen LogP contribution < -0.4 is 4.72 Å². The summed E-state index contributed by atoms with van der Waals surface area (Å²) in [7, 11) is -5.37. The molecule has 0 unspecified atom stereocenters. The van der Waals surface area contributed by atoms with Crippen LogP contribution in [0, 0.1) is 27.9 Å². The molecule has 2 aromatic carbocycles. The molecule has 2 aromatic rings. The molecule has 2 fully saturated rings. The lowest BCUT2D eigenvalue weighted by molar-refractivity contribution is -0.384. The molecule has 2 aliphatic rings. The first-order chi connectivity index (χ1) is 21.9. The molecule has 15 heteroatoms. The summed E-state index contributed by atoms with van der Waals surface area (Å²) in [6.07, 6.45) is -0.472. The lowest BCUT2D eigenvalue weighted by Gasteiger charge is -2.47.